The molecule has 1 aromatic heterocycles. The highest BCUT2D eigenvalue weighted by atomic mass is 32.2. The van der Waals surface area contributed by atoms with Gasteiger partial charge in [-0.1, -0.05) is 42.5 Å². The average Bonchev–Trinajstić information content (AvgIpc) is 2.80. The number of amides is 1. The Morgan fingerprint density at radius 1 is 1.06 bits per heavy atom. The highest BCUT2D eigenvalue weighted by molar-refractivity contribution is 7.82. The maximum absolute atomic E-state index is 14.4. The van der Waals surface area contributed by atoms with Crippen molar-refractivity contribution in [1.29, 1.82) is 0 Å². The topological polar surface area (TPSA) is 71.1 Å². The molecule has 3 aromatic rings. The van der Waals surface area contributed by atoms with Gasteiger partial charge in [0, 0.05) is 30.5 Å². The van der Waals surface area contributed by atoms with Crippen molar-refractivity contribution in [2.75, 3.05) is 6.26 Å². The molecule has 1 amide bonds. The van der Waals surface area contributed by atoms with Gasteiger partial charge in [-0.2, -0.15) is 13.2 Å². The quantitative estimate of drug-likeness (QED) is 0.421. The van der Waals surface area contributed by atoms with Crippen LogP contribution in [0.1, 0.15) is 40.8 Å². The summed E-state index contributed by atoms with van der Waals surface area (Å²) in [4.78, 5) is 16.6. The van der Waals surface area contributed by atoms with Gasteiger partial charge in [0.15, 0.2) is 0 Å². The number of halogens is 4. The summed E-state index contributed by atoms with van der Waals surface area (Å²) in [5.41, 5.74) is 1.58. The van der Waals surface area contributed by atoms with E-state index in [1.165, 1.54) is 24.5 Å². The van der Waals surface area contributed by atoms with Crippen LogP contribution >= 0.6 is 0 Å². The largest absolute Gasteiger partial charge is 0.433 e. The van der Waals surface area contributed by atoms with Gasteiger partial charge in [0.1, 0.15) is 11.5 Å². The third-order valence-corrected chi connectivity index (χ3v) is 6.11. The lowest BCUT2D eigenvalue weighted by molar-refractivity contribution is -0.141. The van der Waals surface area contributed by atoms with Gasteiger partial charge in [0.05, 0.1) is 22.6 Å². The molecule has 10 heteroatoms. The lowest BCUT2D eigenvalue weighted by atomic mass is 9.98. The zero-order valence-electron chi connectivity index (χ0n) is 19.4. The molecule has 0 aliphatic heterocycles. The number of carbonyl (C=O) groups excluding carboxylic acids is 1. The number of carbonyl (C=O) groups is 1. The van der Waals surface area contributed by atoms with Crippen molar-refractivity contribution < 1.29 is 26.6 Å². The molecule has 5 nitrogen and oxygen atoms in total. The fourth-order valence-electron chi connectivity index (χ4n) is 3.50. The molecule has 2 aromatic carbocycles. The minimum absolute atomic E-state index is 0.0508. The third-order valence-electron chi connectivity index (χ3n) is 5.56. The van der Waals surface area contributed by atoms with Crippen LogP contribution in [0.25, 0.3) is 11.3 Å². The summed E-state index contributed by atoms with van der Waals surface area (Å²) in [5, 5.41) is 2.72. The zero-order chi connectivity index (χ0) is 25.8. The van der Waals surface area contributed by atoms with E-state index in [2.05, 4.69) is 15.0 Å². The first-order valence-corrected chi connectivity index (χ1v) is 12.3. The SMILES string of the molecule is Cc1ccccc1-c1nc(C(F)(F)F)ccc1CNC(=O)C(C)c1ccc(CNS(C)=O)c(F)c1. The summed E-state index contributed by atoms with van der Waals surface area (Å²) in [6.07, 6.45) is -3.17. The molecule has 0 saturated carbocycles. The van der Waals surface area contributed by atoms with E-state index in [0.717, 1.165) is 11.6 Å². The standard InChI is InChI=1S/C25H25F4N3O2S/c1-15-6-4-5-7-20(15)23-19(10-11-22(32-23)25(27,28)29)13-30-24(33)16(2)17-8-9-18(21(26)12-17)14-31-35(3)34/h4-12,16,31H,13-14H2,1-3H3,(H,30,33). The third kappa shape index (κ3) is 6.73. The molecular weight excluding hydrogens is 482 g/mol. The lowest BCUT2D eigenvalue weighted by Crippen LogP contribution is -2.28. The highest BCUT2D eigenvalue weighted by Crippen LogP contribution is 2.32. The number of alkyl halides is 3. The summed E-state index contributed by atoms with van der Waals surface area (Å²) in [5.74, 6) is -1.66. The number of hydrogen-bond donors (Lipinski definition) is 2. The molecule has 0 saturated heterocycles. The van der Waals surface area contributed by atoms with Crippen LogP contribution < -0.4 is 10.0 Å². The monoisotopic (exact) mass is 507 g/mol. The molecular formula is C25H25F4N3O2S. The Balaban J connectivity index is 1.80. The first kappa shape index (κ1) is 26.5. The smallest absolute Gasteiger partial charge is 0.351 e. The number of rotatable bonds is 8. The first-order valence-electron chi connectivity index (χ1n) is 10.7. The fraction of sp³-hybridized carbons (Fsp3) is 0.280. The summed E-state index contributed by atoms with van der Waals surface area (Å²) >= 11 is 0. The maximum Gasteiger partial charge on any atom is 0.433 e. The van der Waals surface area contributed by atoms with Gasteiger partial charge in [-0.3, -0.25) is 4.79 Å². The van der Waals surface area contributed by atoms with E-state index in [-0.39, 0.29) is 18.8 Å². The van der Waals surface area contributed by atoms with E-state index < -0.39 is 40.5 Å². The van der Waals surface area contributed by atoms with Crippen molar-refractivity contribution in [1.82, 2.24) is 15.0 Å². The van der Waals surface area contributed by atoms with E-state index in [1.807, 2.05) is 0 Å². The van der Waals surface area contributed by atoms with Crippen LogP contribution in [0.5, 0.6) is 0 Å². The van der Waals surface area contributed by atoms with Gasteiger partial charge in [-0.15, -0.1) is 0 Å². The molecule has 0 bridgehead atoms. The number of aromatic nitrogens is 1. The number of pyridine rings is 1. The molecule has 35 heavy (non-hydrogen) atoms. The van der Waals surface area contributed by atoms with Crippen LogP contribution in [0.2, 0.25) is 0 Å². The molecule has 0 fully saturated rings. The second-order valence-electron chi connectivity index (χ2n) is 8.08. The molecule has 2 unspecified atom stereocenters. The van der Waals surface area contributed by atoms with Gasteiger partial charge >= 0.3 is 6.18 Å². The van der Waals surface area contributed by atoms with Crippen molar-refractivity contribution in [3.05, 3.63) is 88.4 Å². The Labute approximate surface area is 203 Å². The van der Waals surface area contributed by atoms with Crippen LogP contribution in [0.4, 0.5) is 17.6 Å². The summed E-state index contributed by atoms with van der Waals surface area (Å²) < 4.78 is 68.1. The molecule has 0 aliphatic rings. The van der Waals surface area contributed by atoms with Crippen molar-refractivity contribution >= 4 is 16.9 Å². The average molecular weight is 508 g/mol. The predicted molar refractivity (Wildman–Crippen MR) is 127 cm³/mol. The van der Waals surface area contributed by atoms with Crippen LogP contribution in [0.3, 0.4) is 0 Å². The van der Waals surface area contributed by atoms with Gasteiger partial charge in [-0.05, 0) is 42.7 Å². The Hall–Kier alpha value is -3.11. The van der Waals surface area contributed by atoms with E-state index >= 15 is 0 Å². The van der Waals surface area contributed by atoms with Crippen LogP contribution in [-0.4, -0.2) is 21.4 Å². The van der Waals surface area contributed by atoms with E-state index in [9.17, 15) is 26.6 Å². The van der Waals surface area contributed by atoms with Crippen molar-refractivity contribution in [2.45, 2.75) is 39.0 Å². The van der Waals surface area contributed by atoms with E-state index in [4.69, 9.17) is 0 Å². The van der Waals surface area contributed by atoms with Crippen molar-refractivity contribution in [2.24, 2.45) is 0 Å². The number of aryl methyl sites for hydroxylation is 1. The molecule has 2 atom stereocenters. The highest BCUT2D eigenvalue weighted by Gasteiger charge is 2.33. The van der Waals surface area contributed by atoms with Gasteiger partial charge < -0.3 is 5.32 Å². The summed E-state index contributed by atoms with van der Waals surface area (Å²) in [6.45, 7) is 3.41. The first-order chi connectivity index (χ1) is 16.5. The summed E-state index contributed by atoms with van der Waals surface area (Å²) in [7, 11) is -1.29. The molecule has 186 valence electrons. The van der Waals surface area contributed by atoms with E-state index in [0.29, 0.717) is 22.3 Å². The van der Waals surface area contributed by atoms with Gasteiger partial charge in [0.25, 0.3) is 0 Å². The fourth-order valence-corrected chi connectivity index (χ4v) is 3.86. The number of hydrogen-bond acceptors (Lipinski definition) is 3. The van der Waals surface area contributed by atoms with E-state index in [1.54, 1.807) is 44.2 Å². The molecule has 2 N–H and O–H groups in total. The van der Waals surface area contributed by atoms with Crippen LogP contribution in [0, 0.1) is 12.7 Å². The lowest BCUT2D eigenvalue weighted by Gasteiger charge is -2.17. The second kappa shape index (κ2) is 11.1. The Morgan fingerprint density at radius 3 is 2.37 bits per heavy atom. The molecule has 3 rings (SSSR count). The van der Waals surface area contributed by atoms with Crippen molar-refractivity contribution in [3.63, 3.8) is 0 Å². The predicted octanol–water partition coefficient (Wildman–Crippen LogP) is 5.02. The second-order valence-corrected chi connectivity index (χ2v) is 9.28. The zero-order valence-corrected chi connectivity index (χ0v) is 20.2. The number of nitrogens with zero attached hydrogens (tertiary/aromatic N) is 1. The minimum atomic E-state index is -4.61. The summed E-state index contributed by atoms with van der Waals surface area (Å²) in [6, 6.07) is 13.5. The van der Waals surface area contributed by atoms with Gasteiger partial charge in [-0.25, -0.2) is 18.3 Å². The van der Waals surface area contributed by atoms with Gasteiger partial charge in [0.2, 0.25) is 5.91 Å². The molecule has 1 heterocycles. The number of nitrogens with one attached hydrogen (secondary N) is 2. The van der Waals surface area contributed by atoms with Crippen LogP contribution in [-0.2, 0) is 35.0 Å². The number of benzene rings is 2. The molecule has 0 spiro atoms. The normalized spacial score (nSPS) is 13.3. The Bertz CT molecular complexity index is 1250. The molecule has 0 aliphatic carbocycles. The van der Waals surface area contributed by atoms with Crippen LogP contribution in [0.15, 0.2) is 54.6 Å². The minimum Gasteiger partial charge on any atom is -0.351 e. The maximum atomic E-state index is 14.4. The van der Waals surface area contributed by atoms with Crippen molar-refractivity contribution in [3.8, 4) is 11.3 Å². The Morgan fingerprint density at radius 2 is 1.74 bits per heavy atom. The molecule has 0 radical (unpaired) electrons. The Kier molecular flexibility index (Phi) is 8.39.